The van der Waals surface area contributed by atoms with E-state index in [1.165, 1.54) is 6.07 Å². The quantitative estimate of drug-likeness (QED) is 0.759. The van der Waals surface area contributed by atoms with Crippen molar-refractivity contribution in [3.63, 3.8) is 0 Å². The second-order valence-electron chi connectivity index (χ2n) is 4.83. The van der Waals surface area contributed by atoms with Crippen molar-refractivity contribution in [2.45, 2.75) is 6.04 Å². The Hall–Kier alpha value is -1.78. The summed E-state index contributed by atoms with van der Waals surface area (Å²) < 4.78 is 14.5. The van der Waals surface area contributed by atoms with Gasteiger partial charge >= 0.3 is 0 Å². The van der Waals surface area contributed by atoms with Crippen molar-refractivity contribution in [1.29, 1.82) is 0 Å². The molecular formula is C17H14BrFN2. The van der Waals surface area contributed by atoms with Crippen LogP contribution in [0.4, 0.5) is 4.39 Å². The average molecular weight is 345 g/mol. The third kappa shape index (κ3) is 2.69. The van der Waals surface area contributed by atoms with E-state index in [2.05, 4.69) is 26.2 Å². The molecule has 0 radical (unpaired) electrons. The van der Waals surface area contributed by atoms with Crippen molar-refractivity contribution in [2.24, 2.45) is 0 Å². The van der Waals surface area contributed by atoms with E-state index < -0.39 is 0 Å². The average Bonchev–Trinajstić information content (AvgIpc) is 2.51. The Morgan fingerprint density at radius 2 is 2.00 bits per heavy atom. The molecule has 0 aliphatic carbocycles. The van der Waals surface area contributed by atoms with Gasteiger partial charge in [-0.1, -0.05) is 34.1 Å². The summed E-state index contributed by atoms with van der Waals surface area (Å²) in [5, 5.41) is 5.46. The number of fused-ring (bicyclic) bond motifs is 1. The Labute approximate surface area is 131 Å². The lowest BCUT2D eigenvalue weighted by Crippen LogP contribution is -2.18. The molecule has 1 N–H and O–H groups in total. The maximum absolute atomic E-state index is 13.6. The van der Waals surface area contributed by atoms with Crippen molar-refractivity contribution in [3.05, 3.63) is 76.3 Å². The molecule has 0 amide bonds. The first-order valence-corrected chi connectivity index (χ1v) is 7.45. The third-order valence-electron chi connectivity index (χ3n) is 3.59. The predicted molar refractivity (Wildman–Crippen MR) is 86.7 cm³/mol. The molecule has 0 saturated carbocycles. The Kier molecular flexibility index (Phi) is 3.99. The van der Waals surface area contributed by atoms with Gasteiger partial charge in [-0.2, -0.15) is 0 Å². The molecule has 0 saturated heterocycles. The largest absolute Gasteiger partial charge is 0.309 e. The van der Waals surface area contributed by atoms with Gasteiger partial charge in [0.1, 0.15) is 5.82 Å². The highest BCUT2D eigenvalue weighted by Crippen LogP contribution is 2.32. The Balaban J connectivity index is 2.21. The summed E-state index contributed by atoms with van der Waals surface area (Å²) in [6, 6.07) is 12.7. The molecule has 1 heterocycles. The number of nitrogens with zero attached hydrogens (tertiary/aromatic N) is 1. The van der Waals surface area contributed by atoms with E-state index in [0.29, 0.717) is 0 Å². The second-order valence-corrected chi connectivity index (χ2v) is 5.69. The fraction of sp³-hybridized carbons (Fsp3) is 0.118. The fourth-order valence-electron chi connectivity index (χ4n) is 2.60. The number of benzene rings is 2. The molecule has 3 rings (SSSR count). The van der Waals surface area contributed by atoms with Gasteiger partial charge in [-0.05, 0) is 47.8 Å². The van der Waals surface area contributed by atoms with E-state index in [9.17, 15) is 4.39 Å². The minimum Gasteiger partial charge on any atom is -0.309 e. The highest BCUT2D eigenvalue weighted by molar-refractivity contribution is 9.10. The van der Waals surface area contributed by atoms with Gasteiger partial charge in [-0.15, -0.1) is 0 Å². The molecule has 21 heavy (non-hydrogen) atoms. The summed E-state index contributed by atoms with van der Waals surface area (Å²) in [5.74, 6) is -0.244. The van der Waals surface area contributed by atoms with E-state index in [0.717, 1.165) is 26.4 Å². The zero-order valence-corrected chi connectivity index (χ0v) is 13.1. The summed E-state index contributed by atoms with van der Waals surface area (Å²) in [4.78, 5) is 4.21. The predicted octanol–water partition coefficient (Wildman–Crippen LogP) is 4.45. The molecule has 4 heteroatoms. The van der Waals surface area contributed by atoms with Gasteiger partial charge in [-0.3, -0.25) is 4.98 Å². The number of pyridine rings is 1. The highest BCUT2D eigenvalue weighted by atomic mass is 79.9. The van der Waals surface area contributed by atoms with Crippen LogP contribution in [0.3, 0.4) is 0 Å². The number of hydrogen-bond acceptors (Lipinski definition) is 2. The van der Waals surface area contributed by atoms with Crippen LogP contribution < -0.4 is 5.32 Å². The molecule has 2 aromatic carbocycles. The minimum atomic E-state index is -0.244. The number of aromatic nitrogens is 1. The number of rotatable bonds is 3. The van der Waals surface area contributed by atoms with Crippen LogP contribution in [0.15, 0.2) is 59.3 Å². The molecule has 0 aliphatic rings. The van der Waals surface area contributed by atoms with Crippen molar-refractivity contribution in [1.82, 2.24) is 10.3 Å². The smallest absolute Gasteiger partial charge is 0.123 e. The van der Waals surface area contributed by atoms with E-state index in [1.54, 1.807) is 18.3 Å². The first-order chi connectivity index (χ1) is 10.2. The van der Waals surface area contributed by atoms with Crippen molar-refractivity contribution in [2.75, 3.05) is 7.05 Å². The molecule has 0 bridgehead atoms. The van der Waals surface area contributed by atoms with Crippen LogP contribution in [-0.4, -0.2) is 12.0 Å². The molecule has 1 atom stereocenters. The first kappa shape index (κ1) is 14.2. The Bertz CT molecular complexity index is 783. The summed E-state index contributed by atoms with van der Waals surface area (Å²) in [6.07, 6.45) is 3.63. The van der Waals surface area contributed by atoms with Crippen LogP contribution in [0.5, 0.6) is 0 Å². The Morgan fingerprint density at radius 3 is 2.81 bits per heavy atom. The van der Waals surface area contributed by atoms with Gasteiger partial charge in [0.2, 0.25) is 0 Å². The summed E-state index contributed by atoms with van der Waals surface area (Å²) in [7, 11) is 1.87. The lowest BCUT2D eigenvalue weighted by atomic mass is 9.94. The van der Waals surface area contributed by atoms with Crippen LogP contribution in [-0.2, 0) is 0 Å². The topological polar surface area (TPSA) is 24.9 Å². The minimum absolute atomic E-state index is 0.108. The van der Waals surface area contributed by atoms with Gasteiger partial charge in [-0.25, -0.2) is 4.39 Å². The van der Waals surface area contributed by atoms with Gasteiger partial charge in [0.05, 0.1) is 6.04 Å². The summed E-state index contributed by atoms with van der Waals surface area (Å²) >= 11 is 3.51. The van der Waals surface area contributed by atoms with Crippen molar-refractivity contribution < 1.29 is 4.39 Å². The summed E-state index contributed by atoms with van der Waals surface area (Å²) in [6.45, 7) is 0. The zero-order chi connectivity index (χ0) is 14.8. The van der Waals surface area contributed by atoms with Crippen LogP contribution in [0, 0.1) is 5.82 Å². The van der Waals surface area contributed by atoms with Gasteiger partial charge < -0.3 is 5.32 Å². The van der Waals surface area contributed by atoms with E-state index in [1.807, 2.05) is 37.5 Å². The molecule has 0 aliphatic heterocycles. The molecule has 1 unspecified atom stereocenters. The normalized spacial score (nSPS) is 12.5. The zero-order valence-electron chi connectivity index (χ0n) is 11.5. The van der Waals surface area contributed by atoms with Gasteiger partial charge in [0.25, 0.3) is 0 Å². The number of hydrogen-bond donors (Lipinski definition) is 1. The molecular weight excluding hydrogens is 331 g/mol. The monoisotopic (exact) mass is 344 g/mol. The molecule has 0 fully saturated rings. The second kappa shape index (κ2) is 5.92. The molecule has 1 aromatic heterocycles. The number of nitrogens with one attached hydrogen (secondary N) is 1. The van der Waals surface area contributed by atoms with Gasteiger partial charge in [0.15, 0.2) is 0 Å². The maximum Gasteiger partial charge on any atom is 0.123 e. The van der Waals surface area contributed by atoms with Crippen molar-refractivity contribution >= 4 is 26.7 Å². The maximum atomic E-state index is 13.6. The standard InChI is InChI=1S/C17H14BrFN2/c1-20-17(14-9-12(19)5-6-16(14)18)13-4-2-3-11-7-8-21-10-15(11)13/h2-10,17,20H,1H3. The summed E-state index contributed by atoms with van der Waals surface area (Å²) in [5.41, 5.74) is 1.95. The van der Waals surface area contributed by atoms with Crippen LogP contribution >= 0.6 is 15.9 Å². The fourth-order valence-corrected chi connectivity index (χ4v) is 3.08. The van der Waals surface area contributed by atoms with Gasteiger partial charge in [0, 0.05) is 22.3 Å². The number of halogens is 2. The Morgan fingerprint density at radius 1 is 1.14 bits per heavy atom. The molecule has 2 nitrogen and oxygen atoms in total. The molecule has 0 spiro atoms. The lowest BCUT2D eigenvalue weighted by molar-refractivity contribution is 0.616. The lowest BCUT2D eigenvalue weighted by Gasteiger charge is -2.20. The third-order valence-corrected chi connectivity index (χ3v) is 4.31. The van der Waals surface area contributed by atoms with E-state index in [-0.39, 0.29) is 11.9 Å². The van der Waals surface area contributed by atoms with E-state index in [4.69, 9.17) is 0 Å². The molecule has 106 valence electrons. The van der Waals surface area contributed by atoms with Crippen LogP contribution in [0.2, 0.25) is 0 Å². The van der Waals surface area contributed by atoms with Crippen molar-refractivity contribution in [3.8, 4) is 0 Å². The van der Waals surface area contributed by atoms with Crippen LogP contribution in [0.1, 0.15) is 17.2 Å². The highest BCUT2D eigenvalue weighted by Gasteiger charge is 2.18. The van der Waals surface area contributed by atoms with E-state index >= 15 is 0 Å². The van der Waals surface area contributed by atoms with Crippen LogP contribution in [0.25, 0.3) is 10.8 Å². The molecule has 3 aromatic rings. The first-order valence-electron chi connectivity index (χ1n) is 6.65. The SMILES string of the molecule is CNC(c1cc(F)ccc1Br)c1cccc2ccncc12.